The van der Waals surface area contributed by atoms with Crippen molar-refractivity contribution in [1.29, 1.82) is 0 Å². The van der Waals surface area contributed by atoms with Crippen LogP contribution in [0.5, 0.6) is 0 Å². The van der Waals surface area contributed by atoms with Gasteiger partial charge in [0.15, 0.2) is 0 Å². The molecule has 1 aliphatic rings. The maximum absolute atomic E-state index is 10.3. The Balaban J connectivity index is 2.54. The number of carbonyl (C=O) groups excluding carboxylic acids is 1. The van der Waals surface area contributed by atoms with E-state index in [4.69, 9.17) is 23.2 Å². The van der Waals surface area contributed by atoms with Gasteiger partial charge in [0.2, 0.25) is 6.08 Å². The third-order valence-electron chi connectivity index (χ3n) is 2.75. The Hall–Kier alpha value is -0.820. The molecule has 0 bridgehead atoms. The molecule has 2 rings (SSSR count). The van der Waals surface area contributed by atoms with Crippen molar-refractivity contribution < 1.29 is 4.79 Å². The third kappa shape index (κ3) is 1.81. The Morgan fingerprint density at radius 2 is 1.93 bits per heavy atom. The predicted molar refractivity (Wildman–Crippen MR) is 60.2 cm³/mol. The minimum absolute atomic E-state index is 0.375. The maximum atomic E-state index is 10.3. The van der Waals surface area contributed by atoms with Gasteiger partial charge in [-0.25, -0.2) is 4.79 Å². The number of aryl methyl sites for hydroxylation is 1. The van der Waals surface area contributed by atoms with Crippen molar-refractivity contribution in [3.63, 3.8) is 0 Å². The minimum Gasteiger partial charge on any atom is -0.211 e. The summed E-state index contributed by atoms with van der Waals surface area (Å²) in [6.07, 6.45) is 3.38. The second kappa shape index (κ2) is 3.64. The van der Waals surface area contributed by atoms with Crippen LogP contribution in [-0.2, 0) is 10.3 Å². The average molecular weight is 242 g/mol. The van der Waals surface area contributed by atoms with Gasteiger partial charge in [-0.1, -0.05) is 23.2 Å². The molecule has 1 aliphatic carbocycles. The smallest absolute Gasteiger partial charge is 0.211 e. The van der Waals surface area contributed by atoms with Gasteiger partial charge >= 0.3 is 0 Å². The van der Waals surface area contributed by atoms with Crippen LogP contribution in [0.2, 0.25) is 10.0 Å². The SMILES string of the molecule is Cc1cc(Cl)c(Cl)cc1C1(N=C=O)CC1. The molecule has 2 nitrogen and oxygen atoms in total. The van der Waals surface area contributed by atoms with Crippen LogP contribution in [0.3, 0.4) is 0 Å². The van der Waals surface area contributed by atoms with E-state index in [1.807, 2.05) is 6.92 Å². The Morgan fingerprint density at radius 3 is 2.47 bits per heavy atom. The lowest BCUT2D eigenvalue weighted by Crippen LogP contribution is -2.04. The first-order valence-corrected chi connectivity index (χ1v) is 5.40. The molecule has 1 saturated carbocycles. The van der Waals surface area contributed by atoms with Gasteiger partial charge < -0.3 is 0 Å². The van der Waals surface area contributed by atoms with Crippen molar-refractivity contribution in [2.24, 2.45) is 4.99 Å². The average Bonchev–Trinajstić information content (AvgIpc) is 2.93. The summed E-state index contributed by atoms with van der Waals surface area (Å²) in [4.78, 5) is 14.2. The highest BCUT2D eigenvalue weighted by molar-refractivity contribution is 6.42. The van der Waals surface area contributed by atoms with Crippen LogP contribution >= 0.6 is 23.2 Å². The summed E-state index contributed by atoms with van der Waals surface area (Å²) >= 11 is 11.8. The monoisotopic (exact) mass is 241 g/mol. The van der Waals surface area contributed by atoms with E-state index >= 15 is 0 Å². The van der Waals surface area contributed by atoms with Gasteiger partial charge in [-0.05, 0) is 43.0 Å². The molecule has 0 N–H and O–H groups in total. The molecule has 0 spiro atoms. The van der Waals surface area contributed by atoms with E-state index in [1.165, 1.54) is 0 Å². The minimum atomic E-state index is -0.375. The number of rotatable bonds is 2. The summed E-state index contributed by atoms with van der Waals surface area (Å²) in [5.74, 6) is 0. The molecule has 78 valence electrons. The van der Waals surface area contributed by atoms with Gasteiger partial charge in [-0.3, -0.25) is 0 Å². The second-order valence-electron chi connectivity index (χ2n) is 3.82. The topological polar surface area (TPSA) is 29.4 Å². The molecule has 0 radical (unpaired) electrons. The summed E-state index contributed by atoms with van der Waals surface area (Å²) in [6, 6.07) is 3.60. The highest BCUT2D eigenvalue weighted by Gasteiger charge is 2.45. The number of nitrogens with zero attached hydrogens (tertiary/aromatic N) is 1. The molecule has 1 fully saturated rings. The Labute approximate surface area is 97.9 Å². The summed E-state index contributed by atoms with van der Waals surface area (Å²) in [6.45, 7) is 1.94. The Morgan fingerprint density at radius 1 is 1.33 bits per heavy atom. The van der Waals surface area contributed by atoms with Crippen LogP contribution in [0.4, 0.5) is 0 Å². The van der Waals surface area contributed by atoms with E-state index in [0.29, 0.717) is 10.0 Å². The number of hydrogen-bond donors (Lipinski definition) is 0. The van der Waals surface area contributed by atoms with Gasteiger partial charge in [0.05, 0.1) is 15.6 Å². The molecule has 0 heterocycles. The van der Waals surface area contributed by atoms with Crippen LogP contribution in [-0.4, -0.2) is 6.08 Å². The van der Waals surface area contributed by atoms with Crippen LogP contribution in [0, 0.1) is 6.92 Å². The van der Waals surface area contributed by atoms with E-state index < -0.39 is 0 Å². The fourth-order valence-electron chi connectivity index (χ4n) is 1.79. The molecule has 4 heteroatoms. The zero-order valence-electron chi connectivity index (χ0n) is 8.18. The molecular formula is C11H9Cl2NO. The number of benzene rings is 1. The first kappa shape index (κ1) is 10.7. The third-order valence-corrected chi connectivity index (χ3v) is 3.47. The van der Waals surface area contributed by atoms with Gasteiger partial charge in [0, 0.05) is 0 Å². The van der Waals surface area contributed by atoms with Gasteiger partial charge in [0.25, 0.3) is 0 Å². The first-order chi connectivity index (χ1) is 7.09. The highest BCUT2D eigenvalue weighted by Crippen LogP contribution is 2.51. The van der Waals surface area contributed by atoms with E-state index in [2.05, 4.69) is 4.99 Å². The van der Waals surface area contributed by atoms with Crippen LogP contribution < -0.4 is 0 Å². The summed E-state index contributed by atoms with van der Waals surface area (Å²) in [7, 11) is 0. The van der Waals surface area contributed by atoms with Gasteiger partial charge in [-0.15, -0.1) is 0 Å². The first-order valence-electron chi connectivity index (χ1n) is 4.64. The highest BCUT2D eigenvalue weighted by atomic mass is 35.5. The number of isocyanates is 1. The van der Waals surface area contributed by atoms with Crippen LogP contribution in [0.25, 0.3) is 0 Å². The van der Waals surface area contributed by atoms with Crippen molar-refractivity contribution in [1.82, 2.24) is 0 Å². The number of aliphatic imine (C=N–C) groups is 1. The summed E-state index contributed by atoms with van der Waals surface area (Å²) in [5, 5.41) is 1.04. The quantitative estimate of drug-likeness (QED) is 0.575. The largest absolute Gasteiger partial charge is 0.235 e. The van der Waals surface area contributed by atoms with Crippen molar-refractivity contribution in [2.45, 2.75) is 25.3 Å². The van der Waals surface area contributed by atoms with Crippen LogP contribution in [0.1, 0.15) is 24.0 Å². The standard InChI is InChI=1S/C11H9Cl2NO/c1-7-4-9(12)10(13)5-8(7)11(2-3-11)14-6-15/h4-5H,2-3H2,1H3. The zero-order valence-corrected chi connectivity index (χ0v) is 9.69. The van der Waals surface area contributed by atoms with E-state index in [-0.39, 0.29) is 5.54 Å². The molecule has 0 saturated heterocycles. The van der Waals surface area contributed by atoms with Crippen molar-refractivity contribution >= 4 is 29.3 Å². The fraction of sp³-hybridized carbons (Fsp3) is 0.364. The lowest BCUT2D eigenvalue weighted by atomic mass is 10.00. The van der Waals surface area contributed by atoms with Crippen LogP contribution in [0.15, 0.2) is 17.1 Å². The van der Waals surface area contributed by atoms with E-state index in [1.54, 1.807) is 18.2 Å². The lowest BCUT2D eigenvalue weighted by Gasteiger charge is -2.12. The fourth-order valence-corrected chi connectivity index (χ4v) is 2.18. The summed E-state index contributed by atoms with van der Waals surface area (Å²) < 4.78 is 0. The molecule has 15 heavy (non-hydrogen) atoms. The molecule has 0 atom stereocenters. The lowest BCUT2D eigenvalue weighted by molar-refractivity contribution is 0.556. The molecule has 0 aliphatic heterocycles. The zero-order chi connectivity index (χ0) is 11.1. The number of halogens is 2. The molecule has 0 unspecified atom stereocenters. The Kier molecular flexibility index (Phi) is 2.59. The van der Waals surface area contributed by atoms with Gasteiger partial charge in [0.1, 0.15) is 0 Å². The predicted octanol–water partition coefficient (Wildman–Crippen LogP) is 3.63. The van der Waals surface area contributed by atoms with Crippen molar-refractivity contribution in [3.8, 4) is 0 Å². The van der Waals surface area contributed by atoms with Crippen molar-refractivity contribution in [2.75, 3.05) is 0 Å². The van der Waals surface area contributed by atoms with Gasteiger partial charge in [-0.2, -0.15) is 4.99 Å². The molecule has 0 amide bonds. The number of hydrogen-bond acceptors (Lipinski definition) is 2. The Bertz CT molecular complexity index is 460. The molecule has 1 aromatic carbocycles. The molecule has 1 aromatic rings. The molecule has 0 aromatic heterocycles. The second-order valence-corrected chi connectivity index (χ2v) is 4.63. The van der Waals surface area contributed by atoms with Crippen molar-refractivity contribution in [3.05, 3.63) is 33.3 Å². The maximum Gasteiger partial charge on any atom is 0.235 e. The normalized spacial score (nSPS) is 17.0. The van der Waals surface area contributed by atoms with E-state index in [0.717, 1.165) is 24.0 Å². The van der Waals surface area contributed by atoms with E-state index in [9.17, 15) is 4.79 Å². The summed E-state index contributed by atoms with van der Waals surface area (Å²) in [5.41, 5.74) is 1.63. The molecular weight excluding hydrogens is 233 g/mol.